The number of carboxylic acid groups (broad SMARTS) is 1. The minimum Gasteiger partial charge on any atom is -0.478 e. The smallest absolute Gasteiger partial charge is 0.338 e. The SMILES string of the molecule is CCC(COC(=O)c1ccc(C)cc1)OC(C)=O.Cc1ccc(C(=O)O)cc1. The normalized spacial score (nSPS) is 10.9. The van der Waals surface area contributed by atoms with Crippen LogP contribution in [0.25, 0.3) is 0 Å². The Bertz CT molecular complexity index is 778. The summed E-state index contributed by atoms with van der Waals surface area (Å²) in [6.45, 7) is 7.16. The quantitative estimate of drug-likeness (QED) is 0.749. The molecule has 1 N–H and O–H groups in total. The molecule has 0 fully saturated rings. The third-order valence-electron chi connectivity index (χ3n) is 3.77. The standard InChI is InChI=1S/C14H18O4.C8H8O2/c1-4-13(18-11(3)15)9-17-14(16)12-7-5-10(2)6-8-12;1-6-2-4-7(5-3-6)8(9)10/h5-8,13H,4,9H2,1-3H3;2-5H,1H3,(H,9,10). The van der Waals surface area contributed by atoms with Crippen LogP contribution in [-0.2, 0) is 14.3 Å². The summed E-state index contributed by atoms with van der Waals surface area (Å²) in [7, 11) is 0. The summed E-state index contributed by atoms with van der Waals surface area (Å²) >= 11 is 0. The van der Waals surface area contributed by atoms with E-state index in [9.17, 15) is 14.4 Å². The minimum atomic E-state index is -0.875. The van der Waals surface area contributed by atoms with E-state index in [4.69, 9.17) is 14.6 Å². The fourth-order valence-corrected chi connectivity index (χ4v) is 2.11. The van der Waals surface area contributed by atoms with E-state index in [-0.39, 0.29) is 18.7 Å². The summed E-state index contributed by atoms with van der Waals surface area (Å²) in [6.07, 6.45) is 0.234. The number of carboxylic acids is 1. The van der Waals surface area contributed by atoms with Crippen LogP contribution in [0.3, 0.4) is 0 Å². The Balaban J connectivity index is 0.000000330. The lowest BCUT2D eigenvalue weighted by molar-refractivity contribution is -0.148. The Labute approximate surface area is 165 Å². The summed E-state index contributed by atoms with van der Waals surface area (Å²) in [5.41, 5.74) is 2.99. The van der Waals surface area contributed by atoms with Gasteiger partial charge in [-0.3, -0.25) is 4.79 Å². The van der Waals surface area contributed by atoms with E-state index in [0.29, 0.717) is 17.5 Å². The van der Waals surface area contributed by atoms with Crippen molar-refractivity contribution in [3.63, 3.8) is 0 Å². The number of carbonyl (C=O) groups is 3. The molecular weight excluding hydrogens is 360 g/mol. The van der Waals surface area contributed by atoms with E-state index in [1.165, 1.54) is 6.92 Å². The molecule has 0 saturated carbocycles. The molecule has 28 heavy (non-hydrogen) atoms. The van der Waals surface area contributed by atoms with Crippen molar-refractivity contribution in [2.45, 2.75) is 40.2 Å². The highest BCUT2D eigenvalue weighted by molar-refractivity contribution is 5.89. The minimum absolute atomic E-state index is 0.0861. The van der Waals surface area contributed by atoms with Crippen molar-refractivity contribution in [3.8, 4) is 0 Å². The molecule has 0 aromatic heterocycles. The fraction of sp³-hybridized carbons (Fsp3) is 0.318. The number of esters is 2. The first-order valence-electron chi connectivity index (χ1n) is 8.93. The van der Waals surface area contributed by atoms with Gasteiger partial charge in [0.1, 0.15) is 12.7 Å². The predicted molar refractivity (Wildman–Crippen MR) is 105 cm³/mol. The Hall–Kier alpha value is -3.15. The number of aryl methyl sites for hydroxylation is 2. The molecule has 0 aliphatic carbocycles. The van der Waals surface area contributed by atoms with Crippen LogP contribution in [0, 0.1) is 13.8 Å². The average molecular weight is 386 g/mol. The number of ether oxygens (including phenoxy) is 2. The van der Waals surface area contributed by atoms with Crippen molar-refractivity contribution in [1.82, 2.24) is 0 Å². The molecule has 0 amide bonds. The van der Waals surface area contributed by atoms with Crippen molar-refractivity contribution in [2.75, 3.05) is 6.61 Å². The molecule has 0 saturated heterocycles. The van der Waals surface area contributed by atoms with Crippen LogP contribution >= 0.6 is 0 Å². The highest BCUT2D eigenvalue weighted by atomic mass is 16.6. The molecule has 0 spiro atoms. The van der Waals surface area contributed by atoms with Gasteiger partial charge in [0.2, 0.25) is 0 Å². The van der Waals surface area contributed by atoms with Gasteiger partial charge in [0.15, 0.2) is 0 Å². The zero-order chi connectivity index (χ0) is 21.1. The average Bonchev–Trinajstić information content (AvgIpc) is 2.66. The van der Waals surface area contributed by atoms with Gasteiger partial charge in [0.05, 0.1) is 11.1 Å². The Morgan fingerprint density at radius 1 is 0.893 bits per heavy atom. The molecule has 2 aromatic rings. The first kappa shape index (κ1) is 22.9. The number of hydrogen-bond acceptors (Lipinski definition) is 5. The molecule has 0 aliphatic heterocycles. The van der Waals surface area contributed by atoms with E-state index in [1.54, 1.807) is 36.4 Å². The highest BCUT2D eigenvalue weighted by Crippen LogP contribution is 2.07. The summed E-state index contributed by atoms with van der Waals surface area (Å²) < 4.78 is 10.1. The van der Waals surface area contributed by atoms with E-state index < -0.39 is 11.9 Å². The lowest BCUT2D eigenvalue weighted by Crippen LogP contribution is -2.23. The maximum atomic E-state index is 11.7. The second-order valence-electron chi connectivity index (χ2n) is 6.28. The van der Waals surface area contributed by atoms with Crippen LogP contribution < -0.4 is 0 Å². The number of carbonyl (C=O) groups excluding carboxylic acids is 2. The zero-order valence-corrected chi connectivity index (χ0v) is 16.6. The fourth-order valence-electron chi connectivity index (χ4n) is 2.11. The van der Waals surface area contributed by atoms with Gasteiger partial charge in [0, 0.05) is 6.92 Å². The summed E-state index contributed by atoms with van der Waals surface area (Å²) in [5.74, 6) is -1.64. The van der Waals surface area contributed by atoms with Crippen molar-refractivity contribution in [3.05, 3.63) is 70.8 Å². The van der Waals surface area contributed by atoms with E-state index >= 15 is 0 Å². The van der Waals surface area contributed by atoms with Gasteiger partial charge >= 0.3 is 17.9 Å². The van der Waals surface area contributed by atoms with Gasteiger partial charge in [0.25, 0.3) is 0 Å². The molecule has 6 heteroatoms. The van der Waals surface area contributed by atoms with Gasteiger partial charge < -0.3 is 14.6 Å². The van der Waals surface area contributed by atoms with Gasteiger partial charge in [-0.15, -0.1) is 0 Å². The summed E-state index contributed by atoms with van der Waals surface area (Å²) in [6, 6.07) is 13.9. The maximum Gasteiger partial charge on any atom is 0.338 e. The third kappa shape index (κ3) is 8.49. The Kier molecular flexibility index (Phi) is 9.43. The number of rotatable bonds is 6. The molecule has 0 heterocycles. The topological polar surface area (TPSA) is 89.9 Å². The summed E-state index contributed by atoms with van der Waals surface area (Å²) in [4.78, 5) is 32.8. The van der Waals surface area contributed by atoms with Crippen molar-refractivity contribution in [1.29, 1.82) is 0 Å². The second kappa shape index (κ2) is 11.5. The highest BCUT2D eigenvalue weighted by Gasteiger charge is 2.13. The molecule has 2 rings (SSSR count). The monoisotopic (exact) mass is 386 g/mol. The molecule has 1 atom stereocenters. The van der Waals surface area contributed by atoms with E-state index in [2.05, 4.69) is 0 Å². The lowest BCUT2D eigenvalue weighted by Gasteiger charge is -2.15. The van der Waals surface area contributed by atoms with Crippen LogP contribution in [0.1, 0.15) is 52.1 Å². The van der Waals surface area contributed by atoms with Crippen LogP contribution in [-0.4, -0.2) is 35.7 Å². The Morgan fingerprint density at radius 2 is 1.36 bits per heavy atom. The lowest BCUT2D eigenvalue weighted by atomic mass is 10.1. The Morgan fingerprint density at radius 3 is 1.75 bits per heavy atom. The largest absolute Gasteiger partial charge is 0.478 e. The maximum absolute atomic E-state index is 11.7. The van der Waals surface area contributed by atoms with Gasteiger partial charge in [-0.05, 0) is 44.5 Å². The molecule has 6 nitrogen and oxygen atoms in total. The molecule has 150 valence electrons. The van der Waals surface area contributed by atoms with E-state index in [0.717, 1.165) is 11.1 Å². The van der Waals surface area contributed by atoms with Crippen LogP contribution in [0.4, 0.5) is 0 Å². The number of hydrogen-bond donors (Lipinski definition) is 1. The summed E-state index contributed by atoms with van der Waals surface area (Å²) in [5, 5.41) is 8.48. The zero-order valence-electron chi connectivity index (χ0n) is 16.6. The van der Waals surface area contributed by atoms with Gasteiger partial charge in [-0.2, -0.15) is 0 Å². The van der Waals surface area contributed by atoms with Crippen LogP contribution in [0.2, 0.25) is 0 Å². The molecular formula is C22H26O6. The van der Waals surface area contributed by atoms with Crippen molar-refractivity contribution < 1.29 is 29.0 Å². The first-order chi connectivity index (χ1) is 13.2. The van der Waals surface area contributed by atoms with Crippen molar-refractivity contribution >= 4 is 17.9 Å². The molecule has 0 aliphatic rings. The van der Waals surface area contributed by atoms with E-state index in [1.807, 2.05) is 32.9 Å². The predicted octanol–water partition coefficient (Wildman–Crippen LogP) is 4.19. The molecule has 0 bridgehead atoms. The van der Waals surface area contributed by atoms with Crippen molar-refractivity contribution in [2.24, 2.45) is 0 Å². The first-order valence-corrected chi connectivity index (χ1v) is 8.93. The number of benzene rings is 2. The second-order valence-corrected chi connectivity index (χ2v) is 6.28. The molecule has 0 radical (unpaired) electrons. The van der Waals surface area contributed by atoms with Gasteiger partial charge in [-0.1, -0.05) is 42.3 Å². The number of aromatic carboxylic acids is 1. The third-order valence-corrected chi connectivity index (χ3v) is 3.77. The molecule has 1 unspecified atom stereocenters. The van der Waals surface area contributed by atoms with Crippen LogP contribution in [0.5, 0.6) is 0 Å². The molecule has 2 aromatic carbocycles. The van der Waals surface area contributed by atoms with Crippen LogP contribution in [0.15, 0.2) is 48.5 Å². The van der Waals surface area contributed by atoms with Gasteiger partial charge in [-0.25, -0.2) is 9.59 Å².